The summed E-state index contributed by atoms with van der Waals surface area (Å²) in [5.74, 6) is 0. The van der Waals surface area contributed by atoms with Crippen molar-refractivity contribution < 1.29 is 9.47 Å². The van der Waals surface area contributed by atoms with Crippen LogP contribution in [0.5, 0.6) is 0 Å². The van der Waals surface area contributed by atoms with Gasteiger partial charge in [-0.3, -0.25) is 0 Å². The summed E-state index contributed by atoms with van der Waals surface area (Å²) in [5.41, 5.74) is 0. The average molecular weight is 115 g/mol. The van der Waals surface area contributed by atoms with E-state index in [1.807, 2.05) is 0 Å². The average Bonchev–Trinajstić information content (AvgIpc) is 1.81. The van der Waals surface area contributed by atoms with E-state index in [0.717, 1.165) is 0 Å². The van der Waals surface area contributed by atoms with Crippen LogP contribution in [-0.2, 0) is 9.47 Å². The van der Waals surface area contributed by atoms with E-state index >= 15 is 0 Å². The first-order chi connectivity index (χ1) is 3.91. The molecule has 0 radical (unpaired) electrons. The molecule has 0 heterocycles. The number of methoxy groups -OCH3 is 1. The van der Waals surface area contributed by atoms with Crippen molar-refractivity contribution in [2.24, 2.45) is 4.90 Å². The molecule has 0 spiro atoms. The Hall–Kier alpha value is -0.215. The zero-order valence-electron chi connectivity index (χ0n) is 5.09. The van der Waals surface area contributed by atoms with Gasteiger partial charge < -0.3 is 0 Å². The Morgan fingerprint density at radius 2 is 2.25 bits per heavy atom. The van der Waals surface area contributed by atoms with Crippen LogP contribution in [0, 0.1) is 0 Å². The molecule has 0 saturated carbocycles. The van der Waals surface area contributed by atoms with Crippen LogP contribution >= 0.6 is 0 Å². The molecule has 8 heavy (non-hydrogen) atoms. The third-order valence-electron chi connectivity index (χ3n) is 0.614. The zero-order valence-corrected chi connectivity index (χ0v) is 5.09. The zero-order chi connectivity index (χ0) is 6.24. The Bertz CT molecular complexity index is 60.0. The van der Waals surface area contributed by atoms with Crippen LogP contribution in [0.4, 0.5) is 0 Å². The van der Waals surface area contributed by atoms with Crippen molar-refractivity contribution in [3.63, 3.8) is 0 Å². The molecular weight excluding hydrogens is 105 g/mol. The molecule has 0 aromatic carbocycles. The maximum absolute atomic E-state index is 4.87. The van der Waals surface area contributed by atoms with Crippen molar-refractivity contribution in [3.05, 3.63) is 0 Å². The van der Waals surface area contributed by atoms with Gasteiger partial charge in [0.2, 0.25) is 0 Å². The topological polar surface area (TPSA) is 30.8 Å². The predicted octanol–water partition coefficient (Wildman–Crippen LogP) is -0.309. The minimum atomic E-state index is 0.364. The van der Waals surface area contributed by atoms with Crippen LogP contribution < -0.4 is 0 Å². The van der Waals surface area contributed by atoms with Gasteiger partial charge in [-0.2, -0.15) is 0 Å². The normalized spacial score (nSPS) is 9.00. The van der Waals surface area contributed by atoms with Crippen molar-refractivity contribution in [1.29, 1.82) is 0 Å². The van der Waals surface area contributed by atoms with E-state index in [4.69, 9.17) is 9.47 Å². The van der Waals surface area contributed by atoms with Gasteiger partial charge >= 0.3 is 49.1 Å². The number of hydrogen-bond acceptors (Lipinski definition) is 3. The molecule has 0 aliphatic rings. The summed E-state index contributed by atoms with van der Waals surface area (Å²) in [5, 5.41) is 0. The second-order valence-electron chi connectivity index (χ2n) is 1.25. The van der Waals surface area contributed by atoms with E-state index in [0.29, 0.717) is 19.9 Å². The van der Waals surface area contributed by atoms with Crippen molar-refractivity contribution in [3.8, 4) is 0 Å². The summed E-state index contributed by atoms with van der Waals surface area (Å²) in [6, 6.07) is 0. The standard InChI is InChI=1S/C4H10BNO2/c1-7-2-3-8-4-6-5/h5H,2-4H2,1H3. The van der Waals surface area contributed by atoms with Gasteiger partial charge in [-0.1, -0.05) is 0 Å². The Morgan fingerprint density at radius 3 is 2.75 bits per heavy atom. The molecule has 0 aromatic heterocycles. The van der Waals surface area contributed by atoms with E-state index in [1.165, 1.54) is 0 Å². The Kier molecular flexibility index (Phi) is 6.60. The van der Waals surface area contributed by atoms with Gasteiger partial charge in [0.05, 0.1) is 0 Å². The number of nitrogens with zero attached hydrogens (tertiary/aromatic N) is 1. The van der Waals surface area contributed by atoms with Crippen LogP contribution in [-0.4, -0.2) is 34.7 Å². The predicted molar refractivity (Wildman–Crippen MR) is 32.3 cm³/mol. The molecule has 0 aliphatic carbocycles. The molecule has 0 atom stereocenters. The molecule has 4 heteroatoms. The first-order valence-corrected chi connectivity index (χ1v) is 2.41. The molecule has 0 saturated heterocycles. The summed E-state index contributed by atoms with van der Waals surface area (Å²) in [4.78, 5) is 3.48. The summed E-state index contributed by atoms with van der Waals surface area (Å²) < 4.78 is 9.57. The fourth-order valence-corrected chi connectivity index (χ4v) is 0.271. The van der Waals surface area contributed by atoms with Crippen molar-refractivity contribution in [2.45, 2.75) is 0 Å². The van der Waals surface area contributed by atoms with Gasteiger partial charge in [0.25, 0.3) is 0 Å². The first kappa shape index (κ1) is 7.78. The molecule has 0 rings (SSSR count). The molecule has 3 nitrogen and oxygen atoms in total. The van der Waals surface area contributed by atoms with Crippen LogP contribution in [0.1, 0.15) is 0 Å². The van der Waals surface area contributed by atoms with Gasteiger partial charge in [-0.05, 0) is 0 Å². The summed E-state index contributed by atoms with van der Waals surface area (Å²) in [7, 11) is 4.87. The van der Waals surface area contributed by atoms with Crippen LogP contribution in [0.15, 0.2) is 4.90 Å². The van der Waals surface area contributed by atoms with Gasteiger partial charge in [0.1, 0.15) is 0 Å². The van der Waals surface area contributed by atoms with Crippen molar-refractivity contribution in [2.75, 3.05) is 27.1 Å². The Morgan fingerprint density at radius 1 is 1.50 bits per heavy atom. The third kappa shape index (κ3) is 5.78. The molecule has 0 amide bonds. The van der Waals surface area contributed by atoms with Crippen LogP contribution in [0.2, 0.25) is 0 Å². The minimum absolute atomic E-state index is 0.364. The molecule has 0 aliphatic heterocycles. The molecule has 0 aromatic rings. The van der Waals surface area contributed by atoms with Gasteiger partial charge in [0, 0.05) is 0 Å². The van der Waals surface area contributed by atoms with E-state index < -0.39 is 0 Å². The van der Waals surface area contributed by atoms with E-state index in [-0.39, 0.29) is 0 Å². The third-order valence-corrected chi connectivity index (χ3v) is 0.614. The first-order valence-electron chi connectivity index (χ1n) is 2.41. The van der Waals surface area contributed by atoms with Gasteiger partial charge in [-0.25, -0.2) is 0 Å². The van der Waals surface area contributed by atoms with Crippen molar-refractivity contribution in [1.82, 2.24) is 0 Å². The molecule has 46 valence electrons. The van der Waals surface area contributed by atoms with E-state index in [2.05, 4.69) is 12.5 Å². The second kappa shape index (κ2) is 6.78. The molecule has 0 bridgehead atoms. The van der Waals surface area contributed by atoms with E-state index in [9.17, 15) is 0 Å². The monoisotopic (exact) mass is 115 g/mol. The molecule has 0 N–H and O–H groups in total. The fraction of sp³-hybridized carbons (Fsp3) is 1.00. The Balaban J connectivity index is 2.62. The molecule has 0 fully saturated rings. The number of ether oxygens (including phenoxy) is 2. The van der Waals surface area contributed by atoms with Gasteiger partial charge in [0.15, 0.2) is 0 Å². The summed E-state index contributed by atoms with van der Waals surface area (Å²) in [6.07, 6.45) is 0. The summed E-state index contributed by atoms with van der Waals surface area (Å²) in [6.45, 7) is 1.58. The quantitative estimate of drug-likeness (QED) is 0.363. The number of rotatable bonds is 5. The maximum atomic E-state index is 4.87. The summed E-state index contributed by atoms with van der Waals surface area (Å²) >= 11 is 0. The fourth-order valence-electron chi connectivity index (χ4n) is 0.271. The number of hydrogen-bond donors (Lipinski definition) is 0. The van der Waals surface area contributed by atoms with E-state index in [1.54, 1.807) is 7.11 Å². The van der Waals surface area contributed by atoms with Crippen LogP contribution in [0.3, 0.4) is 0 Å². The van der Waals surface area contributed by atoms with Crippen molar-refractivity contribution >= 4 is 7.64 Å². The van der Waals surface area contributed by atoms with Crippen LogP contribution in [0.25, 0.3) is 0 Å². The van der Waals surface area contributed by atoms with Gasteiger partial charge in [-0.15, -0.1) is 0 Å². The Labute approximate surface area is 50.1 Å². The molecule has 0 unspecified atom stereocenters. The SMILES string of the molecule is B=NCOCCOC. The second-order valence-corrected chi connectivity index (χ2v) is 1.25. The molecular formula is C4H10BNO2.